The Kier molecular flexibility index (Phi) is 6.77. The smallest absolute Gasteiger partial charge is 0.277 e. The number of allylic oxidation sites excluding steroid dienone is 2. The Labute approximate surface area is 182 Å². The number of hydrogen-bond acceptors (Lipinski definition) is 6. The van der Waals surface area contributed by atoms with E-state index in [1.165, 1.54) is 36.0 Å². The summed E-state index contributed by atoms with van der Waals surface area (Å²) in [6.45, 7) is 6.24. The second-order valence-corrected chi connectivity index (χ2v) is 8.74. The second-order valence-electron chi connectivity index (χ2n) is 7.82. The van der Waals surface area contributed by atoms with Gasteiger partial charge in [-0.15, -0.1) is 10.2 Å². The van der Waals surface area contributed by atoms with Crippen molar-refractivity contribution >= 4 is 23.4 Å². The van der Waals surface area contributed by atoms with Crippen LogP contribution < -0.4 is 4.90 Å². The third-order valence-electron chi connectivity index (χ3n) is 5.73. The molecule has 0 saturated heterocycles. The molecule has 0 radical (unpaired) electrons. The molecule has 0 bridgehead atoms. The van der Waals surface area contributed by atoms with E-state index >= 15 is 0 Å². The molecule has 6 nitrogen and oxygen atoms in total. The Bertz CT molecular complexity index is 885. The van der Waals surface area contributed by atoms with Gasteiger partial charge in [-0.1, -0.05) is 17.8 Å². The maximum Gasteiger partial charge on any atom is 0.277 e. The van der Waals surface area contributed by atoms with Gasteiger partial charge in [-0.3, -0.25) is 4.79 Å². The molecule has 1 fully saturated rings. The molecular formula is C23H30N4O2S. The summed E-state index contributed by atoms with van der Waals surface area (Å²) >= 11 is 1.33. The van der Waals surface area contributed by atoms with Crippen molar-refractivity contribution in [3.63, 3.8) is 0 Å². The second kappa shape index (κ2) is 9.69. The fourth-order valence-corrected chi connectivity index (χ4v) is 4.57. The van der Waals surface area contributed by atoms with Crippen molar-refractivity contribution < 1.29 is 9.21 Å². The number of thioether (sulfide) groups is 1. The van der Waals surface area contributed by atoms with Gasteiger partial charge in [0.2, 0.25) is 11.8 Å². The van der Waals surface area contributed by atoms with E-state index in [0.29, 0.717) is 22.9 Å². The summed E-state index contributed by atoms with van der Waals surface area (Å²) in [6, 6.07) is 8.56. The molecule has 30 heavy (non-hydrogen) atoms. The molecule has 2 aliphatic carbocycles. The third kappa shape index (κ3) is 4.89. The van der Waals surface area contributed by atoms with Crippen LogP contribution in [0.15, 0.2) is 45.7 Å². The lowest BCUT2D eigenvalue weighted by molar-refractivity contribution is -0.127. The molecule has 2 aliphatic rings. The minimum Gasteiger partial charge on any atom is -0.411 e. The number of nitrogens with zero attached hydrogens (tertiary/aromatic N) is 4. The predicted molar refractivity (Wildman–Crippen MR) is 120 cm³/mol. The Morgan fingerprint density at radius 1 is 1.13 bits per heavy atom. The van der Waals surface area contributed by atoms with Gasteiger partial charge in [0, 0.05) is 36.1 Å². The molecule has 4 rings (SSSR count). The highest BCUT2D eigenvalue weighted by Crippen LogP contribution is 2.35. The van der Waals surface area contributed by atoms with Crippen molar-refractivity contribution in [1.82, 2.24) is 15.1 Å². The van der Waals surface area contributed by atoms with E-state index in [1.807, 2.05) is 17.0 Å². The van der Waals surface area contributed by atoms with Crippen LogP contribution in [0.1, 0.15) is 52.4 Å². The zero-order valence-corrected chi connectivity index (χ0v) is 18.7. The lowest BCUT2D eigenvalue weighted by atomic mass is 10.0. The lowest BCUT2D eigenvalue weighted by Crippen LogP contribution is -2.34. The Morgan fingerprint density at radius 2 is 1.90 bits per heavy atom. The fraction of sp³-hybridized carbons (Fsp3) is 0.522. The van der Waals surface area contributed by atoms with E-state index in [2.05, 4.69) is 47.2 Å². The highest BCUT2D eigenvalue weighted by atomic mass is 32.2. The number of carbonyl (C=O) groups excluding carboxylic acids is 1. The van der Waals surface area contributed by atoms with Gasteiger partial charge in [0.1, 0.15) is 0 Å². The van der Waals surface area contributed by atoms with Crippen LogP contribution in [0.4, 0.5) is 5.69 Å². The first-order valence-electron chi connectivity index (χ1n) is 11.0. The number of carbonyl (C=O) groups is 1. The molecule has 1 heterocycles. The fourth-order valence-electron chi connectivity index (χ4n) is 3.95. The normalized spacial score (nSPS) is 16.3. The van der Waals surface area contributed by atoms with Crippen molar-refractivity contribution in [3.8, 4) is 11.5 Å². The molecule has 1 amide bonds. The molecule has 1 saturated carbocycles. The number of hydrogen-bond donors (Lipinski definition) is 0. The number of aromatic nitrogens is 2. The van der Waals surface area contributed by atoms with Crippen LogP contribution in [0.3, 0.4) is 0 Å². The maximum absolute atomic E-state index is 12.9. The molecule has 160 valence electrons. The molecule has 0 aliphatic heterocycles. The molecule has 0 spiro atoms. The summed E-state index contributed by atoms with van der Waals surface area (Å²) in [7, 11) is 0. The van der Waals surface area contributed by atoms with Gasteiger partial charge in [-0.25, -0.2) is 0 Å². The van der Waals surface area contributed by atoms with Gasteiger partial charge in [-0.05, 0) is 76.6 Å². The van der Waals surface area contributed by atoms with Crippen LogP contribution in [0.2, 0.25) is 0 Å². The largest absolute Gasteiger partial charge is 0.411 e. The first-order valence-corrected chi connectivity index (χ1v) is 12.0. The van der Waals surface area contributed by atoms with Gasteiger partial charge in [-0.2, -0.15) is 0 Å². The van der Waals surface area contributed by atoms with Crippen molar-refractivity contribution in [2.24, 2.45) is 0 Å². The van der Waals surface area contributed by atoms with E-state index in [9.17, 15) is 4.79 Å². The average molecular weight is 427 g/mol. The molecule has 1 aromatic heterocycles. The first-order chi connectivity index (χ1) is 14.7. The van der Waals surface area contributed by atoms with Crippen LogP contribution in [0.25, 0.3) is 11.5 Å². The van der Waals surface area contributed by atoms with Crippen LogP contribution in [0.5, 0.6) is 0 Å². The van der Waals surface area contributed by atoms with Crippen LogP contribution in [-0.4, -0.2) is 45.9 Å². The predicted octanol–water partition coefficient (Wildman–Crippen LogP) is 5.12. The first kappa shape index (κ1) is 21.0. The topological polar surface area (TPSA) is 62.5 Å². The van der Waals surface area contributed by atoms with E-state index in [1.54, 1.807) is 0 Å². The number of rotatable bonds is 9. The molecule has 2 aromatic rings. The Balaban J connectivity index is 1.37. The Hall–Kier alpha value is -2.28. The molecule has 7 heteroatoms. The van der Waals surface area contributed by atoms with E-state index in [4.69, 9.17) is 4.42 Å². The Morgan fingerprint density at radius 3 is 2.53 bits per heavy atom. The molecule has 0 N–H and O–H groups in total. The zero-order chi connectivity index (χ0) is 20.9. The quantitative estimate of drug-likeness (QED) is 0.518. The van der Waals surface area contributed by atoms with Gasteiger partial charge in [0.05, 0.1) is 5.75 Å². The summed E-state index contributed by atoms with van der Waals surface area (Å²) < 4.78 is 5.82. The van der Waals surface area contributed by atoms with Crippen molar-refractivity contribution in [1.29, 1.82) is 0 Å². The van der Waals surface area contributed by atoms with Crippen molar-refractivity contribution in [2.45, 2.75) is 63.6 Å². The van der Waals surface area contributed by atoms with Crippen LogP contribution in [-0.2, 0) is 4.79 Å². The standard InChI is InChI=1S/C23H30N4O2S/c1-3-26(4-2)18-12-10-17(11-13-18)22-24-25-23(29-22)30-16-21(28)27(20-14-15-20)19-8-6-5-7-9-19/h8,10-13,20H,3-7,9,14-16H2,1-2H3. The van der Waals surface area contributed by atoms with Gasteiger partial charge in [0.15, 0.2) is 0 Å². The number of anilines is 1. The van der Waals surface area contributed by atoms with Crippen molar-refractivity contribution in [2.75, 3.05) is 23.7 Å². The number of benzene rings is 1. The highest BCUT2D eigenvalue weighted by molar-refractivity contribution is 7.99. The SMILES string of the molecule is CCN(CC)c1ccc(-c2nnc(SCC(=O)N(C3=CCCCC3)C3CC3)o2)cc1. The monoisotopic (exact) mass is 426 g/mol. The summed E-state index contributed by atoms with van der Waals surface area (Å²) in [5.74, 6) is 0.972. The van der Waals surface area contributed by atoms with E-state index in [0.717, 1.165) is 44.3 Å². The maximum atomic E-state index is 12.9. The highest BCUT2D eigenvalue weighted by Gasteiger charge is 2.35. The van der Waals surface area contributed by atoms with Crippen LogP contribution >= 0.6 is 11.8 Å². The van der Waals surface area contributed by atoms with Crippen LogP contribution in [0, 0.1) is 0 Å². The lowest BCUT2D eigenvalue weighted by Gasteiger charge is -2.27. The molecular weight excluding hydrogens is 396 g/mol. The average Bonchev–Trinajstić information content (AvgIpc) is 3.50. The van der Waals surface area contributed by atoms with Gasteiger partial charge < -0.3 is 14.2 Å². The minimum absolute atomic E-state index is 0.152. The number of amides is 1. The van der Waals surface area contributed by atoms with Gasteiger partial charge in [0.25, 0.3) is 5.22 Å². The summed E-state index contributed by atoms with van der Waals surface area (Å²) in [6.07, 6.45) is 8.97. The molecule has 1 aromatic carbocycles. The van der Waals surface area contributed by atoms with E-state index in [-0.39, 0.29) is 5.91 Å². The molecule has 0 atom stereocenters. The minimum atomic E-state index is 0.152. The third-order valence-corrected chi connectivity index (χ3v) is 6.53. The zero-order valence-electron chi connectivity index (χ0n) is 17.8. The summed E-state index contributed by atoms with van der Waals surface area (Å²) in [5.41, 5.74) is 3.29. The van der Waals surface area contributed by atoms with Gasteiger partial charge >= 0.3 is 0 Å². The van der Waals surface area contributed by atoms with E-state index < -0.39 is 0 Å². The summed E-state index contributed by atoms with van der Waals surface area (Å²) in [5, 5.41) is 8.76. The summed E-state index contributed by atoms with van der Waals surface area (Å²) in [4.78, 5) is 17.2. The molecule has 0 unspecified atom stereocenters. The van der Waals surface area contributed by atoms with Crippen molar-refractivity contribution in [3.05, 3.63) is 36.0 Å².